The van der Waals surface area contributed by atoms with E-state index in [4.69, 9.17) is 0 Å². The number of hydrogen-bond acceptors (Lipinski definition) is 2. The largest absolute Gasteiger partial charge is 0.258 e. The lowest BCUT2D eigenvalue weighted by Gasteiger charge is -2.28. The zero-order valence-corrected chi connectivity index (χ0v) is 8.52. The molecule has 0 amide bonds. The SMILES string of the molecule is CCC(C)N(CC(C)C)NC. The average molecular weight is 158 g/mol. The Bertz CT molecular complexity index is 91.6. The number of nitrogens with zero attached hydrogens (tertiary/aromatic N) is 1. The highest BCUT2D eigenvalue weighted by Gasteiger charge is 2.10. The number of hydrazine groups is 1. The average Bonchev–Trinajstić information content (AvgIpc) is 1.98. The maximum Gasteiger partial charge on any atom is 0.0212 e. The van der Waals surface area contributed by atoms with Crippen molar-refractivity contribution in [2.24, 2.45) is 5.92 Å². The molecule has 0 aliphatic heterocycles. The summed E-state index contributed by atoms with van der Waals surface area (Å²) in [5.41, 5.74) is 3.22. The highest BCUT2D eigenvalue weighted by molar-refractivity contribution is 4.61. The van der Waals surface area contributed by atoms with Crippen molar-refractivity contribution in [2.45, 2.75) is 40.2 Å². The second-order valence-electron chi connectivity index (χ2n) is 3.53. The molecule has 1 unspecified atom stereocenters. The monoisotopic (exact) mass is 158 g/mol. The summed E-state index contributed by atoms with van der Waals surface area (Å²) in [4.78, 5) is 0. The first-order valence-electron chi connectivity index (χ1n) is 4.55. The summed E-state index contributed by atoms with van der Waals surface area (Å²) in [5, 5.41) is 2.30. The molecule has 0 aliphatic carbocycles. The summed E-state index contributed by atoms with van der Waals surface area (Å²) < 4.78 is 0. The fourth-order valence-corrected chi connectivity index (χ4v) is 1.11. The van der Waals surface area contributed by atoms with Gasteiger partial charge in [-0.25, -0.2) is 5.01 Å². The summed E-state index contributed by atoms with van der Waals surface area (Å²) in [5.74, 6) is 0.733. The molecule has 0 bridgehead atoms. The van der Waals surface area contributed by atoms with Crippen molar-refractivity contribution in [2.75, 3.05) is 13.6 Å². The van der Waals surface area contributed by atoms with E-state index >= 15 is 0 Å². The molecule has 2 nitrogen and oxygen atoms in total. The van der Waals surface area contributed by atoms with Crippen LogP contribution in [0.2, 0.25) is 0 Å². The van der Waals surface area contributed by atoms with Crippen molar-refractivity contribution < 1.29 is 0 Å². The number of rotatable bonds is 5. The molecule has 1 N–H and O–H groups in total. The van der Waals surface area contributed by atoms with E-state index in [9.17, 15) is 0 Å². The van der Waals surface area contributed by atoms with Gasteiger partial charge in [0, 0.05) is 12.6 Å². The number of nitrogens with one attached hydrogen (secondary N) is 1. The zero-order valence-electron chi connectivity index (χ0n) is 8.52. The molecule has 0 aromatic heterocycles. The van der Waals surface area contributed by atoms with Crippen LogP contribution in [0.4, 0.5) is 0 Å². The van der Waals surface area contributed by atoms with Gasteiger partial charge in [-0.2, -0.15) is 0 Å². The summed E-state index contributed by atoms with van der Waals surface area (Å²) in [6.07, 6.45) is 1.20. The second kappa shape index (κ2) is 5.56. The van der Waals surface area contributed by atoms with Gasteiger partial charge in [-0.15, -0.1) is 0 Å². The van der Waals surface area contributed by atoms with E-state index in [1.807, 2.05) is 7.05 Å². The number of hydrogen-bond donors (Lipinski definition) is 1. The molecule has 68 valence electrons. The van der Waals surface area contributed by atoms with Crippen LogP contribution in [-0.2, 0) is 0 Å². The molecule has 0 radical (unpaired) electrons. The molecule has 0 fully saturated rings. The van der Waals surface area contributed by atoms with Crippen molar-refractivity contribution in [3.05, 3.63) is 0 Å². The third-order valence-electron chi connectivity index (χ3n) is 1.97. The Morgan fingerprint density at radius 3 is 2.09 bits per heavy atom. The first-order valence-corrected chi connectivity index (χ1v) is 4.55. The van der Waals surface area contributed by atoms with Crippen LogP contribution in [0.3, 0.4) is 0 Å². The molecule has 0 aromatic carbocycles. The van der Waals surface area contributed by atoms with Gasteiger partial charge < -0.3 is 0 Å². The Kier molecular flexibility index (Phi) is 5.51. The lowest BCUT2D eigenvalue weighted by Crippen LogP contribution is -2.43. The van der Waals surface area contributed by atoms with E-state index in [1.54, 1.807) is 0 Å². The van der Waals surface area contributed by atoms with Gasteiger partial charge in [0.25, 0.3) is 0 Å². The van der Waals surface area contributed by atoms with Crippen LogP contribution in [-0.4, -0.2) is 24.6 Å². The predicted molar refractivity (Wildman–Crippen MR) is 50.4 cm³/mol. The minimum atomic E-state index is 0.641. The smallest absolute Gasteiger partial charge is 0.0212 e. The van der Waals surface area contributed by atoms with Crippen molar-refractivity contribution in [3.8, 4) is 0 Å². The van der Waals surface area contributed by atoms with Gasteiger partial charge >= 0.3 is 0 Å². The van der Waals surface area contributed by atoms with Gasteiger partial charge in [0.05, 0.1) is 0 Å². The van der Waals surface area contributed by atoms with Crippen LogP contribution in [0.5, 0.6) is 0 Å². The molecule has 0 heterocycles. The maximum absolute atomic E-state index is 3.22. The molecular weight excluding hydrogens is 136 g/mol. The molecule has 0 aliphatic rings. The quantitative estimate of drug-likeness (QED) is 0.615. The third kappa shape index (κ3) is 4.38. The highest BCUT2D eigenvalue weighted by Crippen LogP contribution is 2.03. The van der Waals surface area contributed by atoms with Gasteiger partial charge in [-0.1, -0.05) is 20.8 Å². The van der Waals surface area contributed by atoms with Gasteiger partial charge in [0.2, 0.25) is 0 Å². The Labute approximate surface area is 70.9 Å². The fourth-order valence-electron chi connectivity index (χ4n) is 1.11. The summed E-state index contributed by atoms with van der Waals surface area (Å²) >= 11 is 0. The molecule has 0 saturated heterocycles. The van der Waals surface area contributed by atoms with Crippen molar-refractivity contribution in [1.29, 1.82) is 0 Å². The molecule has 0 rings (SSSR count). The van der Waals surface area contributed by atoms with Crippen molar-refractivity contribution >= 4 is 0 Å². The summed E-state index contributed by atoms with van der Waals surface area (Å²) in [6, 6.07) is 0.641. The first kappa shape index (κ1) is 10.9. The van der Waals surface area contributed by atoms with E-state index in [1.165, 1.54) is 6.42 Å². The van der Waals surface area contributed by atoms with Crippen molar-refractivity contribution in [1.82, 2.24) is 10.4 Å². The highest BCUT2D eigenvalue weighted by atomic mass is 15.5. The maximum atomic E-state index is 3.22. The van der Waals surface area contributed by atoms with Crippen LogP contribution >= 0.6 is 0 Å². The standard InChI is InChI=1S/C9H22N2/c1-6-9(4)11(10-5)7-8(2)3/h8-10H,6-7H2,1-5H3. The Hall–Kier alpha value is -0.0800. The Morgan fingerprint density at radius 1 is 1.27 bits per heavy atom. The van der Waals surface area contributed by atoms with Crippen LogP contribution in [0.15, 0.2) is 0 Å². The van der Waals surface area contributed by atoms with E-state index in [0.717, 1.165) is 12.5 Å². The molecule has 0 aromatic rings. The van der Waals surface area contributed by atoms with E-state index < -0.39 is 0 Å². The summed E-state index contributed by atoms with van der Waals surface area (Å²) in [7, 11) is 1.99. The third-order valence-corrected chi connectivity index (χ3v) is 1.97. The molecule has 2 heteroatoms. The molecule has 11 heavy (non-hydrogen) atoms. The fraction of sp³-hybridized carbons (Fsp3) is 1.00. The van der Waals surface area contributed by atoms with E-state index in [0.29, 0.717) is 6.04 Å². The predicted octanol–water partition coefficient (Wildman–Crippen LogP) is 1.88. The molecule has 0 spiro atoms. The van der Waals surface area contributed by atoms with E-state index in [-0.39, 0.29) is 0 Å². The Balaban J connectivity index is 3.74. The van der Waals surface area contributed by atoms with Crippen LogP contribution < -0.4 is 5.43 Å². The molecule has 1 atom stereocenters. The minimum Gasteiger partial charge on any atom is -0.258 e. The molecule has 0 saturated carbocycles. The summed E-state index contributed by atoms with van der Waals surface area (Å²) in [6.45, 7) is 10.1. The van der Waals surface area contributed by atoms with Crippen LogP contribution in [0.1, 0.15) is 34.1 Å². The topological polar surface area (TPSA) is 15.3 Å². The van der Waals surface area contributed by atoms with E-state index in [2.05, 4.69) is 38.1 Å². The lowest BCUT2D eigenvalue weighted by atomic mass is 10.2. The zero-order chi connectivity index (χ0) is 8.85. The van der Waals surface area contributed by atoms with Gasteiger partial charge in [0.15, 0.2) is 0 Å². The van der Waals surface area contributed by atoms with Gasteiger partial charge in [0.1, 0.15) is 0 Å². The molecular formula is C9H22N2. The van der Waals surface area contributed by atoms with Gasteiger partial charge in [-0.05, 0) is 26.3 Å². The Morgan fingerprint density at radius 2 is 1.82 bits per heavy atom. The van der Waals surface area contributed by atoms with Crippen LogP contribution in [0.25, 0.3) is 0 Å². The normalized spacial score (nSPS) is 14.5. The second-order valence-corrected chi connectivity index (χ2v) is 3.53. The van der Waals surface area contributed by atoms with Crippen LogP contribution in [0, 0.1) is 5.92 Å². The lowest BCUT2D eigenvalue weighted by molar-refractivity contribution is 0.128. The van der Waals surface area contributed by atoms with Crippen molar-refractivity contribution in [3.63, 3.8) is 0 Å². The van der Waals surface area contributed by atoms with Gasteiger partial charge in [-0.3, -0.25) is 5.43 Å². The first-order chi connectivity index (χ1) is 5.11. The minimum absolute atomic E-state index is 0.641.